The number of pyridine rings is 1. The molecule has 1 aromatic carbocycles. The molecule has 0 saturated heterocycles. The highest BCUT2D eigenvalue weighted by Gasteiger charge is 2.12. The third-order valence-corrected chi connectivity index (χ3v) is 5.12. The molecule has 0 saturated carbocycles. The zero-order valence-corrected chi connectivity index (χ0v) is 15.6. The number of anilines is 3. The molecular weight excluding hydrogens is 344 g/mol. The predicted octanol–water partition coefficient (Wildman–Crippen LogP) is 4.27. The number of nitrogens with one attached hydrogen (secondary N) is 1. The number of nitrogens with zero attached hydrogens (tertiary/aromatic N) is 5. The van der Waals surface area contributed by atoms with Gasteiger partial charge in [-0.1, -0.05) is 23.5 Å². The Labute approximate surface area is 155 Å². The van der Waals surface area contributed by atoms with Crippen LogP contribution in [0.3, 0.4) is 0 Å². The van der Waals surface area contributed by atoms with Crippen molar-refractivity contribution in [2.24, 2.45) is 0 Å². The highest BCUT2D eigenvalue weighted by atomic mass is 32.1. The van der Waals surface area contributed by atoms with Gasteiger partial charge in [0.25, 0.3) is 0 Å². The van der Waals surface area contributed by atoms with Crippen LogP contribution < -0.4 is 10.2 Å². The van der Waals surface area contributed by atoms with Crippen molar-refractivity contribution >= 4 is 39.0 Å². The summed E-state index contributed by atoms with van der Waals surface area (Å²) in [6.45, 7) is 2.09. The first-order chi connectivity index (χ1) is 12.6. The molecule has 0 fully saturated rings. The van der Waals surface area contributed by atoms with E-state index < -0.39 is 0 Å². The van der Waals surface area contributed by atoms with E-state index in [-0.39, 0.29) is 0 Å². The van der Waals surface area contributed by atoms with E-state index in [1.807, 2.05) is 49.3 Å². The molecular formula is C19H18N6S. The lowest BCUT2D eigenvalue weighted by molar-refractivity contribution is 1.04. The Kier molecular flexibility index (Phi) is 4.22. The predicted molar refractivity (Wildman–Crippen MR) is 107 cm³/mol. The molecule has 0 aliphatic rings. The number of aromatic nitrogens is 4. The van der Waals surface area contributed by atoms with Crippen LogP contribution in [0.1, 0.15) is 5.56 Å². The molecule has 6 nitrogen and oxygen atoms in total. The summed E-state index contributed by atoms with van der Waals surface area (Å²) in [6.07, 6.45) is 3.36. The second-order valence-corrected chi connectivity index (χ2v) is 7.08. The molecule has 0 atom stereocenters. The molecule has 4 aromatic rings. The van der Waals surface area contributed by atoms with E-state index in [0.29, 0.717) is 0 Å². The minimum atomic E-state index is 0.759. The Balaban J connectivity index is 1.71. The van der Waals surface area contributed by atoms with Crippen LogP contribution in [0.5, 0.6) is 0 Å². The zero-order valence-electron chi connectivity index (χ0n) is 14.8. The maximum absolute atomic E-state index is 4.73. The van der Waals surface area contributed by atoms with E-state index in [1.54, 1.807) is 23.9 Å². The summed E-state index contributed by atoms with van der Waals surface area (Å²) in [4.78, 5) is 20.6. The van der Waals surface area contributed by atoms with E-state index in [2.05, 4.69) is 33.3 Å². The molecule has 3 aromatic heterocycles. The number of thiazole rings is 1. The van der Waals surface area contributed by atoms with Gasteiger partial charge in [-0.05, 0) is 30.7 Å². The van der Waals surface area contributed by atoms with Gasteiger partial charge in [-0.2, -0.15) is 0 Å². The van der Waals surface area contributed by atoms with Crippen LogP contribution in [-0.4, -0.2) is 34.0 Å². The molecule has 0 amide bonds. The lowest BCUT2D eigenvalue weighted by Gasteiger charge is -2.14. The van der Waals surface area contributed by atoms with Crippen LogP contribution in [0.2, 0.25) is 0 Å². The van der Waals surface area contributed by atoms with Crippen LogP contribution >= 0.6 is 11.3 Å². The maximum Gasteiger partial charge on any atom is 0.143 e. The van der Waals surface area contributed by atoms with E-state index in [4.69, 9.17) is 4.98 Å². The van der Waals surface area contributed by atoms with Crippen LogP contribution in [0.25, 0.3) is 20.9 Å². The minimum absolute atomic E-state index is 0.759. The normalized spacial score (nSPS) is 10.9. The Morgan fingerprint density at radius 1 is 1.04 bits per heavy atom. The highest BCUT2D eigenvalue weighted by molar-refractivity contribution is 7.21. The van der Waals surface area contributed by atoms with Crippen LogP contribution in [0, 0.1) is 6.92 Å². The fraction of sp³-hybridized carbons (Fsp3) is 0.158. The van der Waals surface area contributed by atoms with Gasteiger partial charge in [-0.15, -0.1) is 0 Å². The number of benzene rings is 1. The third kappa shape index (κ3) is 3.09. The van der Waals surface area contributed by atoms with Gasteiger partial charge in [-0.3, -0.25) is 0 Å². The molecule has 0 spiro atoms. The molecule has 3 heterocycles. The van der Waals surface area contributed by atoms with E-state index in [9.17, 15) is 0 Å². The summed E-state index contributed by atoms with van der Waals surface area (Å²) >= 11 is 1.60. The Morgan fingerprint density at radius 2 is 1.92 bits per heavy atom. The smallest absolute Gasteiger partial charge is 0.143 e. The van der Waals surface area contributed by atoms with Gasteiger partial charge in [-0.25, -0.2) is 19.9 Å². The molecule has 0 aliphatic carbocycles. The van der Waals surface area contributed by atoms with Crippen molar-refractivity contribution in [3.63, 3.8) is 0 Å². The quantitative estimate of drug-likeness (QED) is 0.585. The topological polar surface area (TPSA) is 66.8 Å². The average molecular weight is 362 g/mol. The molecule has 0 bridgehead atoms. The molecule has 0 radical (unpaired) electrons. The van der Waals surface area contributed by atoms with E-state index in [1.165, 1.54) is 0 Å². The van der Waals surface area contributed by atoms with Gasteiger partial charge in [0.1, 0.15) is 33.3 Å². The number of hydrogen-bond donors (Lipinski definition) is 1. The second kappa shape index (κ2) is 6.68. The number of hydrogen-bond acceptors (Lipinski definition) is 7. The summed E-state index contributed by atoms with van der Waals surface area (Å²) < 4.78 is 0. The number of fused-ring (bicyclic) bond motifs is 1. The van der Waals surface area contributed by atoms with Crippen molar-refractivity contribution in [2.45, 2.75) is 6.92 Å². The van der Waals surface area contributed by atoms with E-state index >= 15 is 0 Å². The van der Waals surface area contributed by atoms with Gasteiger partial charge in [0.15, 0.2) is 0 Å². The molecule has 4 rings (SSSR count). The number of rotatable bonds is 4. The Hall–Kier alpha value is -3.06. The maximum atomic E-state index is 4.73. The van der Waals surface area contributed by atoms with Crippen molar-refractivity contribution in [1.29, 1.82) is 0 Å². The van der Waals surface area contributed by atoms with Crippen LogP contribution in [-0.2, 0) is 0 Å². The van der Waals surface area contributed by atoms with Gasteiger partial charge in [0, 0.05) is 37.6 Å². The minimum Gasteiger partial charge on any atom is -0.363 e. The summed E-state index contributed by atoms with van der Waals surface area (Å²) in [7, 11) is 3.91. The zero-order chi connectivity index (χ0) is 18.1. The monoisotopic (exact) mass is 362 g/mol. The van der Waals surface area contributed by atoms with E-state index in [0.717, 1.165) is 43.8 Å². The molecule has 0 aliphatic heterocycles. The fourth-order valence-corrected chi connectivity index (χ4v) is 3.68. The van der Waals surface area contributed by atoms with Gasteiger partial charge >= 0.3 is 0 Å². The molecule has 0 unspecified atom stereocenters. The summed E-state index contributed by atoms with van der Waals surface area (Å²) in [5.41, 5.74) is 4.14. The first-order valence-electron chi connectivity index (χ1n) is 8.20. The summed E-state index contributed by atoms with van der Waals surface area (Å²) in [5.74, 6) is 1.61. The van der Waals surface area contributed by atoms with Crippen molar-refractivity contribution in [3.8, 4) is 10.6 Å². The van der Waals surface area contributed by atoms with Crippen molar-refractivity contribution in [3.05, 3.63) is 54.5 Å². The van der Waals surface area contributed by atoms with Crippen molar-refractivity contribution < 1.29 is 0 Å². The lowest BCUT2D eigenvalue weighted by atomic mass is 10.1. The summed E-state index contributed by atoms with van der Waals surface area (Å²) in [6, 6.07) is 12.0. The van der Waals surface area contributed by atoms with Gasteiger partial charge in [0.2, 0.25) is 0 Å². The van der Waals surface area contributed by atoms with Gasteiger partial charge < -0.3 is 10.2 Å². The van der Waals surface area contributed by atoms with Crippen LogP contribution in [0.15, 0.2) is 48.9 Å². The fourth-order valence-electron chi connectivity index (χ4n) is 2.69. The largest absolute Gasteiger partial charge is 0.363 e. The standard InChI is InChI=1S/C19H18N6S/c1-12-13(18-24-15-8-5-9-20-19(15)26-18)6-4-7-14(12)23-16-10-17(25(2)3)22-11-21-16/h4-11H,1-3H3,(H,21,22,23). The Morgan fingerprint density at radius 3 is 2.73 bits per heavy atom. The Bertz CT molecular complexity index is 1040. The molecule has 130 valence electrons. The summed E-state index contributed by atoms with van der Waals surface area (Å²) in [5, 5.41) is 4.36. The molecule has 1 N–H and O–H groups in total. The molecule has 7 heteroatoms. The first-order valence-corrected chi connectivity index (χ1v) is 9.01. The third-order valence-electron chi connectivity index (χ3n) is 4.10. The van der Waals surface area contributed by atoms with Crippen molar-refractivity contribution in [2.75, 3.05) is 24.3 Å². The first kappa shape index (κ1) is 16.4. The average Bonchev–Trinajstić information content (AvgIpc) is 3.07. The second-order valence-electron chi connectivity index (χ2n) is 6.11. The lowest BCUT2D eigenvalue weighted by Crippen LogP contribution is -2.11. The van der Waals surface area contributed by atoms with Crippen molar-refractivity contribution in [1.82, 2.24) is 19.9 Å². The van der Waals surface area contributed by atoms with Crippen LogP contribution in [0.4, 0.5) is 17.3 Å². The molecule has 26 heavy (non-hydrogen) atoms. The van der Waals surface area contributed by atoms with Gasteiger partial charge in [0.05, 0.1) is 0 Å². The highest BCUT2D eigenvalue weighted by Crippen LogP contribution is 2.34. The SMILES string of the molecule is Cc1c(Nc2cc(N(C)C)ncn2)cccc1-c1nc2cccnc2s1.